The van der Waals surface area contributed by atoms with Crippen LogP contribution in [0.5, 0.6) is 11.5 Å². The van der Waals surface area contributed by atoms with Crippen LogP contribution < -0.4 is 10.1 Å². The van der Waals surface area contributed by atoms with Crippen LogP contribution in [0.2, 0.25) is 0 Å². The van der Waals surface area contributed by atoms with E-state index in [2.05, 4.69) is 5.32 Å². The number of nitrogens with one attached hydrogen (secondary N) is 1. The molecule has 0 aliphatic carbocycles. The SMILES string of the molecule is Cc1ccc(Oc2ccc(CNC(=O)C3C=CCN3S(C)(=O)=O)cc2)cc1. The third-order valence-corrected chi connectivity index (χ3v) is 5.48. The number of sulfonamides is 1. The van der Waals surface area contributed by atoms with Crippen LogP contribution in [-0.2, 0) is 21.4 Å². The molecule has 1 atom stereocenters. The van der Waals surface area contributed by atoms with E-state index in [0.29, 0.717) is 12.3 Å². The predicted molar refractivity (Wildman–Crippen MR) is 104 cm³/mol. The summed E-state index contributed by atoms with van der Waals surface area (Å²) in [5.74, 6) is 1.13. The molecule has 27 heavy (non-hydrogen) atoms. The average molecular weight is 386 g/mol. The third kappa shape index (κ3) is 4.96. The largest absolute Gasteiger partial charge is 0.457 e. The summed E-state index contributed by atoms with van der Waals surface area (Å²) in [6, 6.07) is 14.4. The molecule has 1 amide bonds. The Hall–Kier alpha value is -2.64. The Bertz CT molecular complexity index is 935. The molecule has 1 aliphatic rings. The van der Waals surface area contributed by atoms with Gasteiger partial charge in [-0.25, -0.2) is 8.42 Å². The van der Waals surface area contributed by atoms with Gasteiger partial charge in [0.15, 0.2) is 0 Å². The molecule has 1 unspecified atom stereocenters. The molecule has 2 aromatic rings. The third-order valence-electron chi connectivity index (χ3n) is 4.26. The van der Waals surface area contributed by atoms with Crippen LogP contribution in [0, 0.1) is 6.92 Å². The van der Waals surface area contributed by atoms with Crippen LogP contribution in [-0.4, -0.2) is 37.5 Å². The molecule has 3 rings (SSSR count). The maximum Gasteiger partial charge on any atom is 0.242 e. The molecular formula is C20H22N2O4S. The highest BCUT2D eigenvalue weighted by atomic mass is 32.2. The molecular weight excluding hydrogens is 364 g/mol. The lowest BCUT2D eigenvalue weighted by Gasteiger charge is -2.21. The lowest BCUT2D eigenvalue weighted by atomic mass is 10.2. The summed E-state index contributed by atoms with van der Waals surface area (Å²) in [4.78, 5) is 12.3. The monoisotopic (exact) mass is 386 g/mol. The summed E-state index contributed by atoms with van der Waals surface area (Å²) in [5.41, 5.74) is 2.06. The van der Waals surface area contributed by atoms with Crippen molar-refractivity contribution in [2.24, 2.45) is 0 Å². The Morgan fingerprint density at radius 2 is 1.70 bits per heavy atom. The van der Waals surface area contributed by atoms with E-state index in [1.165, 1.54) is 9.87 Å². The summed E-state index contributed by atoms with van der Waals surface area (Å²) in [5, 5.41) is 2.78. The molecule has 0 radical (unpaired) electrons. The van der Waals surface area contributed by atoms with Gasteiger partial charge in [-0.15, -0.1) is 0 Å². The molecule has 0 aromatic heterocycles. The summed E-state index contributed by atoms with van der Waals surface area (Å²) in [6.07, 6.45) is 4.39. The number of rotatable bonds is 6. The Morgan fingerprint density at radius 1 is 1.11 bits per heavy atom. The second kappa shape index (κ2) is 7.94. The van der Waals surface area contributed by atoms with Crippen molar-refractivity contribution in [2.45, 2.75) is 19.5 Å². The fourth-order valence-corrected chi connectivity index (χ4v) is 3.71. The van der Waals surface area contributed by atoms with Gasteiger partial charge in [-0.3, -0.25) is 4.79 Å². The van der Waals surface area contributed by atoms with E-state index in [9.17, 15) is 13.2 Å². The average Bonchev–Trinajstić information content (AvgIpc) is 3.13. The summed E-state index contributed by atoms with van der Waals surface area (Å²) < 4.78 is 30.4. The molecule has 0 saturated heterocycles. The molecule has 0 spiro atoms. The van der Waals surface area contributed by atoms with E-state index in [0.717, 1.165) is 17.6 Å². The van der Waals surface area contributed by atoms with Crippen LogP contribution in [0.15, 0.2) is 60.7 Å². The van der Waals surface area contributed by atoms with Gasteiger partial charge in [-0.1, -0.05) is 42.0 Å². The van der Waals surface area contributed by atoms with Crippen molar-refractivity contribution in [1.29, 1.82) is 0 Å². The van der Waals surface area contributed by atoms with Crippen LogP contribution in [0.4, 0.5) is 0 Å². The number of carbonyl (C=O) groups is 1. The second-order valence-electron chi connectivity index (χ2n) is 6.48. The zero-order chi connectivity index (χ0) is 19.4. The van der Waals surface area contributed by atoms with Crippen molar-refractivity contribution in [1.82, 2.24) is 9.62 Å². The van der Waals surface area contributed by atoms with Crippen LogP contribution in [0.25, 0.3) is 0 Å². The molecule has 6 nitrogen and oxygen atoms in total. The highest BCUT2D eigenvalue weighted by Crippen LogP contribution is 2.22. The molecule has 0 bridgehead atoms. The van der Waals surface area contributed by atoms with Crippen molar-refractivity contribution < 1.29 is 17.9 Å². The van der Waals surface area contributed by atoms with Gasteiger partial charge in [0.2, 0.25) is 15.9 Å². The van der Waals surface area contributed by atoms with E-state index < -0.39 is 16.1 Å². The zero-order valence-corrected chi connectivity index (χ0v) is 16.1. The first-order chi connectivity index (χ1) is 12.8. The number of carbonyl (C=O) groups excluding carboxylic acids is 1. The Balaban J connectivity index is 1.56. The molecule has 1 N–H and O–H groups in total. The van der Waals surface area contributed by atoms with Gasteiger partial charge < -0.3 is 10.1 Å². The van der Waals surface area contributed by atoms with Gasteiger partial charge in [-0.2, -0.15) is 4.31 Å². The van der Waals surface area contributed by atoms with Crippen molar-refractivity contribution in [3.05, 3.63) is 71.8 Å². The molecule has 1 aliphatic heterocycles. The maximum atomic E-state index is 12.3. The van der Waals surface area contributed by atoms with Crippen molar-refractivity contribution >= 4 is 15.9 Å². The second-order valence-corrected chi connectivity index (χ2v) is 8.42. The van der Waals surface area contributed by atoms with Crippen molar-refractivity contribution in [2.75, 3.05) is 12.8 Å². The van der Waals surface area contributed by atoms with E-state index in [1.807, 2.05) is 55.5 Å². The van der Waals surface area contributed by atoms with Crippen molar-refractivity contribution in [3.63, 3.8) is 0 Å². The first-order valence-corrected chi connectivity index (χ1v) is 10.4. The zero-order valence-electron chi connectivity index (χ0n) is 15.3. The van der Waals surface area contributed by atoms with Gasteiger partial charge in [0.1, 0.15) is 17.5 Å². The van der Waals surface area contributed by atoms with Crippen LogP contribution in [0.1, 0.15) is 11.1 Å². The maximum absolute atomic E-state index is 12.3. The van der Waals surface area contributed by atoms with E-state index in [-0.39, 0.29) is 12.5 Å². The van der Waals surface area contributed by atoms with E-state index >= 15 is 0 Å². The molecule has 1 heterocycles. The topological polar surface area (TPSA) is 75.7 Å². The van der Waals surface area contributed by atoms with Gasteiger partial charge in [0.25, 0.3) is 0 Å². The first kappa shape index (κ1) is 19.1. The van der Waals surface area contributed by atoms with Crippen LogP contribution >= 0.6 is 0 Å². The molecule has 142 valence electrons. The molecule has 7 heteroatoms. The summed E-state index contributed by atoms with van der Waals surface area (Å²) in [6.45, 7) is 2.55. The molecule has 0 fully saturated rings. The predicted octanol–water partition coefficient (Wildman–Crippen LogP) is 2.60. The summed E-state index contributed by atoms with van der Waals surface area (Å²) >= 11 is 0. The number of benzene rings is 2. The Labute approximate surface area is 159 Å². The minimum Gasteiger partial charge on any atom is -0.457 e. The smallest absolute Gasteiger partial charge is 0.242 e. The lowest BCUT2D eigenvalue weighted by molar-refractivity contribution is -0.123. The fraction of sp³-hybridized carbons (Fsp3) is 0.250. The number of amides is 1. The number of hydrogen-bond donors (Lipinski definition) is 1. The van der Waals surface area contributed by atoms with E-state index in [1.54, 1.807) is 12.2 Å². The minimum atomic E-state index is -3.42. The van der Waals surface area contributed by atoms with Gasteiger partial charge >= 0.3 is 0 Å². The summed E-state index contributed by atoms with van der Waals surface area (Å²) in [7, 11) is -3.42. The standard InChI is InChI=1S/C20H22N2O4S/c1-15-5-9-17(10-6-15)26-18-11-7-16(8-12-18)14-21-20(23)19-4-3-13-22(19)27(2,24)25/h3-12,19H,13-14H2,1-2H3,(H,21,23). The normalized spacial score (nSPS) is 17.0. The van der Waals surface area contributed by atoms with E-state index in [4.69, 9.17) is 4.74 Å². The Kier molecular flexibility index (Phi) is 5.62. The molecule has 0 saturated carbocycles. The number of nitrogens with zero attached hydrogens (tertiary/aromatic N) is 1. The van der Waals surface area contributed by atoms with Gasteiger partial charge in [0, 0.05) is 13.1 Å². The van der Waals surface area contributed by atoms with Crippen molar-refractivity contribution in [3.8, 4) is 11.5 Å². The van der Waals surface area contributed by atoms with Gasteiger partial charge in [0.05, 0.1) is 6.26 Å². The highest BCUT2D eigenvalue weighted by molar-refractivity contribution is 7.88. The number of hydrogen-bond acceptors (Lipinski definition) is 4. The Morgan fingerprint density at radius 3 is 2.30 bits per heavy atom. The number of aryl methyl sites for hydroxylation is 1. The fourth-order valence-electron chi connectivity index (χ4n) is 2.77. The highest BCUT2D eigenvalue weighted by Gasteiger charge is 2.32. The number of ether oxygens (including phenoxy) is 1. The lowest BCUT2D eigenvalue weighted by Crippen LogP contribution is -2.45. The van der Waals surface area contributed by atoms with Gasteiger partial charge in [-0.05, 0) is 36.8 Å². The van der Waals surface area contributed by atoms with Crippen LogP contribution in [0.3, 0.4) is 0 Å². The minimum absolute atomic E-state index is 0.224. The first-order valence-electron chi connectivity index (χ1n) is 8.57. The quantitative estimate of drug-likeness (QED) is 0.775. The molecule has 2 aromatic carbocycles.